The molecule has 1 aliphatic rings. The van der Waals surface area contributed by atoms with Crippen LogP contribution in [0, 0.1) is 0 Å². The molecular weight excluding hydrogens is 154 g/mol. The monoisotopic (exact) mass is 165 g/mol. The Bertz CT molecular complexity index is 83.0. The molecule has 0 amide bonds. The van der Waals surface area contributed by atoms with E-state index in [0.717, 1.165) is 11.8 Å². The van der Waals surface area contributed by atoms with Crippen LogP contribution < -0.4 is 0 Å². The molecule has 1 saturated heterocycles. The van der Waals surface area contributed by atoms with Gasteiger partial charge in [-0.1, -0.05) is 6.92 Å². The SMILES string of the molecule is CCC1SCN(O)CS1. The number of hydrogen-bond acceptors (Lipinski definition) is 4. The molecule has 0 atom stereocenters. The molecule has 2 nitrogen and oxygen atoms in total. The maximum Gasteiger partial charge on any atom is 0.0714 e. The van der Waals surface area contributed by atoms with Gasteiger partial charge in [0.2, 0.25) is 0 Å². The van der Waals surface area contributed by atoms with Crippen molar-refractivity contribution in [2.75, 3.05) is 11.8 Å². The Balaban J connectivity index is 2.18. The molecule has 1 aliphatic heterocycles. The van der Waals surface area contributed by atoms with Gasteiger partial charge >= 0.3 is 0 Å². The molecule has 4 heteroatoms. The summed E-state index contributed by atoms with van der Waals surface area (Å²) < 4.78 is 0.702. The van der Waals surface area contributed by atoms with Crippen LogP contribution in [0.4, 0.5) is 0 Å². The van der Waals surface area contributed by atoms with Gasteiger partial charge in [-0.05, 0) is 6.42 Å². The summed E-state index contributed by atoms with van der Waals surface area (Å²) >= 11 is 3.62. The van der Waals surface area contributed by atoms with Gasteiger partial charge in [-0.2, -0.15) is 5.06 Å². The molecule has 1 rings (SSSR count). The molecule has 1 fully saturated rings. The summed E-state index contributed by atoms with van der Waals surface area (Å²) in [6.07, 6.45) is 1.20. The van der Waals surface area contributed by atoms with Crippen molar-refractivity contribution in [2.24, 2.45) is 0 Å². The smallest absolute Gasteiger partial charge is 0.0714 e. The summed E-state index contributed by atoms with van der Waals surface area (Å²) in [6.45, 7) is 2.18. The second-order valence-corrected chi connectivity index (χ2v) is 4.56. The van der Waals surface area contributed by atoms with Crippen molar-refractivity contribution in [1.29, 1.82) is 0 Å². The third-order valence-corrected chi connectivity index (χ3v) is 4.27. The average molecular weight is 165 g/mol. The lowest BCUT2D eigenvalue weighted by Gasteiger charge is -2.25. The molecule has 1 heterocycles. The van der Waals surface area contributed by atoms with Gasteiger partial charge in [0.25, 0.3) is 0 Å². The molecule has 0 radical (unpaired) electrons. The van der Waals surface area contributed by atoms with Crippen molar-refractivity contribution in [3.63, 3.8) is 0 Å². The first-order chi connectivity index (χ1) is 4.33. The summed E-state index contributed by atoms with van der Waals surface area (Å²) in [6, 6.07) is 0. The molecule has 0 bridgehead atoms. The van der Waals surface area contributed by atoms with Crippen LogP contribution in [0.3, 0.4) is 0 Å². The van der Waals surface area contributed by atoms with Gasteiger partial charge in [-0.3, -0.25) is 0 Å². The quantitative estimate of drug-likeness (QED) is 0.640. The highest BCUT2D eigenvalue weighted by atomic mass is 32.2. The molecular formula is C5H11NOS2. The zero-order valence-corrected chi connectivity index (χ0v) is 7.04. The average Bonchev–Trinajstić information content (AvgIpc) is 1.90. The van der Waals surface area contributed by atoms with Crippen molar-refractivity contribution in [3.05, 3.63) is 0 Å². The van der Waals surface area contributed by atoms with E-state index in [-0.39, 0.29) is 0 Å². The van der Waals surface area contributed by atoms with Crippen LogP contribution in [0.25, 0.3) is 0 Å². The summed E-state index contributed by atoms with van der Waals surface area (Å²) in [5, 5.41) is 10.3. The van der Waals surface area contributed by atoms with Crippen LogP contribution in [-0.4, -0.2) is 26.6 Å². The molecule has 54 valence electrons. The normalized spacial score (nSPS) is 24.7. The van der Waals surface area contributed by atoms with Crippen LogP contribution in [0.1, 0.15) is 13.3 Å². The van der Waals surface area contributed by atoms with Crippen molar-refractivity contribution in [1.82, 2.24) is 5.06 Å². The molecule has 0 aromatic rings. The van der Waals surface area contributed by atoms with Crippen molar-refractivity contribution in [2.45, 2.75) is 17.9 Å². The predicted molar refractivity (Wildman–Crippen MR) is 42.6 cm³/mol. The molecule has 0 aliphatic carbocycles. The van der Waals surface area contributed by atoms with Crippen molar-refractivity contribution < 1.29 is 5.21 Å². The summed E-state index contributed by atoms with van der Waals surface area (Å²) in [5.74, 6) is 1.54. The van der Waals surface area contributed by atoms with E-state index in [1.54, 1.807) is 0 Å². The Morgan fingerprint density at radius 1 is 1.56 bits per heavy atom. The second kappa shape index (κ2) is 3.71. The first kappa shape index (κ1) is 7.72. The van der Waals surface area contributed by atoms with Gasteiger partial charge < -0.3 is 5.21 Å². The molecule has 0 unspecified atom stereocenters. The number of nitrogens with zero attached hydrogens (tertiary/aromatic N) is 1. The van der Waals surface area contributed by atoms with Gasteiger partial charge in [0, 0.05) is 0 Å². The summed E-state index contributed by atoms with van der Waals surface area (Å²) in [5.41, 5.74) is 0. The topological polar surface area (TPSA) is 23.5 Å². The Morgan fingerprint density at radius 3 is 2.56 bits per heavy atom. The molecule has 0 saturated carbocycles. The highest BCUT2D eigenvalue weighted by Crippen LogP contribution is 2.31. The lowest BCUT2D eigenvalue weighted by Crippen LogP contribution is -2.24. The summed E-state index contributed by atoms with van der Waals surface area (Å²) in [4.78, 5) is 0. The first-order valence-corrected chi connectivity index (χ1v) is 5.09. The summed E-state index contributed by atoms with van der Waals surface area (Å²) in [7, 11) is 0. The van der Waals surface area contributed by atoms with Crippen LogP contribution in [0.5, 0.6) is 0 Å². The molecule has 0 aromatic carbocycles. The van der Waals surface area contributed by atoms with Gasteiger partial charge in [-0.15, -0.1) is 23.5 Å². The van der Waals surface area contributed by atoms with Crippen LogP contribution in [0.2, 0.25) is 0 Å². The largest absolute Gasteiger partial charge is 0.312 e. The van der Waals surface area contributed by atoms with E-state index in [1.165, 1.54) is 11.5 Å². The number of thioether (sulfide) groups is 2. The third-order valence-electron chi connectivity index (χ3n) is 1.15. The minimum absolute atomic E-state index is 0.702. The molecule has 0 aromatic heterocycles. The minimum atomic E-state index is 0.702. The van der Waals surface area contributed by atoms with Crippen molar-refractivity contribution in [3.8, 4) is 0 Å². The second-order valence-electron chi connectivity index (χ2n) is 1.94. The van der Waals surface area contributed by atoms with Gasteiger partial charge in [-0.25, -0.2) is 0 Å². The zero-order valence-electron chi connectivity index (χ0n) is 5.41. The third kappa shape index (κ3) is 2.37. The Hall–Kier alpha value is 0.620. The number of hydroxylamine groups is 2. The van der Waals surface area contributed by atoms with Crippen LogP contribution in [0.15, 0.2) is 0 Å². The lowest BCUT2D eigenvalue weighted by molar-refractivity contribution is -0.0526. The Labute approximate surface area is 63.9 Å². The fourth-order valence-electron chi connectivity index (χ4n) is 0.659. The van der Waals surface area contributed by atoms with E-state index in [4.69, 9.17) is 5.21 Å². The van der Waals surface area contributed by atoms with Gasteiger partial charge in [0.1, 0.15) is 0 Å². The maximum absolute atomic E-state index is 8.91. The lowest BCUT2D eigenvalue weighted by atomic mass is 10.6. The van der Waals surface area contributed by atoms with E-state index < -0.39 is 0 Å². The standard InChI is InChI=1S/C5H11NOS2/c1-2-5-8-3-6(7)4-9-5/h5,7H,2-4H2,1H3. The molecule has 9 heavy (non-hydrogen) atoms. The van der Waals surface area contributed by atoms with E-state index in [9.17, 15) is 0 Å². The zero-order chi connectivity index (χ0) is 6.69. The Kier molecular flexibility index (Phi) is 3.18. The number of rotatable bonds is 1. The van der Waals surface area contributed by atoms with Gasteiger partial charge in [0.15, 0.2) is 0 Å². The van der Waals surface area contributed by atoms with Gasteiger partial charge in [0.05, 0.1) is 16.3 Å². The number of hydrogen-bond donors (Lipinski definition) is 1. The van der Waals surface area contributed by atoms with E-state index >= 15 is 0 Å². The highest BCUT2D eigenvalue weighted by molar-refractivity contribution is 8.17. The van der Waals surface area contributed by atoms with Crippen molar-refractivity contribution >= 4 is 23.5 Å². The molecule has 1 N–H and O–H groups in total. The molecule has 0 spiro atoms. The fourth-order valence-corrected chi connectivity index (χ4v) is 2.86. The highest BCUT2D eigenvalue weighted by Gasteiger charge is 2.16. The fraction of sp³-hybridized carbons (Fsp3) is 1.00. The predicted octanol–water partition coefficient (Wildman–Crippen LogP) is 1.81. The van der Waals surface area contributed by atoms with Crippen LogP contribution >= 0.6 is 23.5 Å². The van der Waals surface area contributed by atoms with Crippen LogP contribution in [-0.2, 0) is 0 Å². The van der Waals surface area contributed by atoms with E-state index in [2.05, 4.69) is 6.92 Å². The van der Waals surface area contributed by atoms with E-state index in [0.29, 0.717) is 4.58 Å². The minimum Gasteiger partial charge on any atom is -0.312 e. The first-order valence-electron chi connectivity index (χ1n) is 3.00. The maximum atomic E-state index is 8.91. The Morgan fingerprint density at radius 2 is 2.11 bits per heavy atom. The van der Waals surface area contributed by atoms with E-state index in [1.807, 2.05) is 23.5 Å².